The van der Waals surface area contributed by atoms with Crippen LogP contribution in [-0.4, -0.2) is 35.7 Å². The molecular weight excluding hydrogens is 264 g/mol. The van der Waals surface area contributed by atoms with E-state index in [1.165, 1.54) is 19.2 Å². The van der Waals surface area contributed by atoms with Crippen LogP contribution in [0.2, 0.25) is 0 Å². The summed E-state index contributed by atoms with van der Waals surface area (Å²) in [5.74, 6) is -0.451. The predicted octanol–water partition coefficient (Wildman–Crippen LogP) is 2.29. The fourth-order valence-electron chi connectivity index (χ4n) is 2.10. The minimum Gasteiger partial charge on any atom is -0.497 e. The average molecular weight is 282 g/mol. The van der Waals surface area contributed by atoms with Gasteiger partial charge in [0.15, 0.2) is 0 Å². The lowest BCUT2D eigenvalue weighted by Gasteiger charge is -2.29. The number of carbonyl (C=O) groups is 1. The minimum atomic E-state index is -0.943. The number of aliphatic carboxylic acids is 1. The van der Waals surface area contributed by atoms with E-state index in [2.05, 4.69) is 0 Å². The van der Waals surface area contributed by atoms with Crippen LogP contribution < -0.4 is 9.64 Å². The second kappa shape index (κ2) is 6.74. The lowest BCUT2D eigenvalue weighted by atomic mass is 10.1. The van der Waals surface area contributed by atoms with E-state index in [-0.39, 0.29) is 18.2 Å². The maximum Gasteiger partial charge on any atom is 0.305 e. The van der Waals surface area contributed by atoms with Crippen molar-refractivity contribution < 1.29 is 19.6 Å². The van der Waals surface area contributed by atoms with Gasteiger partial charge >= 0.3 is 5.97 Å². The van der Waals surface area contributed by atoms with Crippen molar-refractivity contribution in [1.82, 2.24) is 0 Å². The largest absolute Gasteiger partial charge is 0.497 e. The molecule has 1 atom stereocenters. The summed E-state index contributed by atoms with van der Waals surface area (Å²) in [4.78, 5) is 23.1. The van der Waals surface area contributed by atoms with Crippen LogP contribution in [0.4, 0.5) is 11.4 Å². The Bertz CT molecular complexity index is 504. The number of methoxy groups -OCH3 is 1. The molecule has 0 aromatic heterocycles. The quantitative estimate of drug-likeness (QED) is 0.609. The van der Waals surface area contributed by atoms with Crippen LogP contribution in [0.5, 0.6) is 5.75 Å². The van der Waals surface area contributed by atoms with E-state index in [1.54, 1.807) is 17.9 Å². The van der Waals surface area contributed by atoms with Crippen molar-refractivity contribution in [1.29, 1.82) is 0 Å². The van der Waals surface area contributed by atoms with Crippen molar-refractivity contribution in [3.8, 4) is 5.75 Å². The number of ether oxygens (including phenoxy) is 1. The van der Waals surface area contributed by atoms with Crippen molar-refractivity contribution >= 4 is 17.3 Å². The summed E-state index contributed by atoms with van der Waals surface area (Å²) in [5, 5.41) is 20.0. The SMILES string of the molecule is CCN(c1cc(OC)ccc1[N+](=O)[O-])C(C)CC(=O)O. The van der Waals surface area contributed by atoms with Crippen molar-refractivity contribution in [2.75, 3.05) is 18.6 Å². The molecule has 0 bridgehead atoms. The Morgan fingerprint density at radius 3 is 2.65 bits per heavy atom. The van der Waals surface area contributed by atoms with Crippen molar-refractivity contribution in [2.24, 2.45) is 0 Å². The van der Waals surface area contributed by atoms with Gasteiger partial charge in [-0.25, -0.2) is 0 Å². The second-order valence-corrected chi connectivity index (χ2v) is 4.34. The number of anilines is 1. The molecule has 1 N–H and O–H groups in total. The Morgan fingerprint density at radius 2 is 2.20 bits per heavy atom. The molecule has 0 radical (unpaired) electrons. The monoisotopic (exact) mass is 282 g/mol. The first-order chi connectivity index (χ1) is 9.40. The molecule has 0 spiro atoms. The molecular formula is C13H18N2O5. The molecule has 20 heavy (non-hydrogen) atoms. The van der Waals surface area contributed by atoms with Gasteiger partial charge in [-0.2, -0.15) is 0 Å². The highest BCUT2D eigenvalue weighted by Gasteiger charge is 2.24. The normalized spacial score (nSPS) is 11.8. The molecule has 0 aliphatic heterocycles. The Morgan fingerprint density at radius 1 is 1.55 bits per heavy atom. The summed E-state index contributed by atoms with van der Waals surface area (Å²) in [7, 11) is 1.47. The maximum absolute atomic E-state index is 11.1. The maximum atomic E-state index is 11.1. The topological polar surface area (TPSA) is 92.9 Å². The number of nitro benzene ring substituents is 1. The third-order valence-electron chi connectivity index (χ3n) is 3.03. The molecule has 1 aromatic rings. The van der Waals surface area contributed by atoms with E-state index < -0.39 is 10.9 Å². The summed E-state index contributed by atoms with van der Waals surface area (Å²) < 4.78 is 5.08. The zero-order valence-electron chi connectivity index (χ0n) is 11.7. The van der Waals surface area contributed by atoms with Gasteiger partial charge in [0, 0.05) is 24.7 Å². The third kappa shape index (κ3) is 3.59. The number of carboxylic acid groups (broad SMARTS) is 1. The smallest absolute Gasteiger partial charge is 0.305 e. The van der Waals surface area contributed by atoms with Crippen LogP contribution in [0.3, 0.4) is 0 Å². The molecule has 0 heterocycles. The van der Waals surface area contributed by atoms with Crippen LogP contribution in [0.25, 0.3) is 0 Å². The number of benzene rings is 1. The summed E-state index contributed by atoms with van der Waals surface area (Å²) in [6, 6.07) is 4.07. The highest BCUT2D eigenvalue weighted by atomic mass is 16.6. The van der Waals surface area contributed by atoms with E-state index in [1.807, 2.05) is 6.92 Å². The lowest BCUT2D eigenvalue weighted by Crippen LogP contribution is -2.35. The summed E-state index contributed by atoms with van der Waals surface area (Å²) in [6.07, 6.45) is -0.0950. The molecule has 1 rings (SSSR count). The number of hydrogen-bond acceptors (Lipinski definition) is 5. The van der Waals surface area contributed by atoms with Crippen LogP contribution in [0, 0.1) is 10.1 Å². The predicted molar refractivity (Wildman–Crippen MR) is 74.4 cm³/mol. The van der Waals surface area contributed by atoms with E-state index in [4.69, 9.17) is 9.84 Å². The highest BCUT2D eigenvalue weighted by molar-refractivity contribution is 5.71. The Balaban J connectivity index is 3.24. The van der Waals surface area contributed by atoms with Gasteiger partial charge in [-0.05, 0) is 19.9 Å². The number of nitro groups is 1. The van der Waals surface area contributed by atoms with Gasteiger partial charge in [-0.1, -0.05) is 0 Å². The average Bonchev–Trinajstić information content (AvgIpc) is 2.38. The van der Waals surface area contributed by atoms with Gasteiger partial charge in [0.1, 0.15) is 11.4 Å². The van der Waals surface area contributed by atoms with Crippen LogP contribution >= 0.6 is 0 Å². The molecule has 0 aliphatic rings. The minimum absolute atomic E-state index is 0.0649. The molecule has 0 amide bonds. The summed E-state index contributed by atoms with van der Waals surface area (Å²) in [5.41, 5.74) is 0.301. The fraction of sp³-hybridized carbons (Fsp3) is 0.462. The number of nitrogens with zero attached hydrogens (tertiary/aromatic N) is 2. The molecule has 0 fully saturated rings. The third-order valence-corrected chi connectivity index (χ3v) is 3.03. The van der Waals surface area contributed by atoms with Crippen molar-refractivity contribution in [2.45, 2.75) is 26.3 Å². The molecule has 7 heteroatoms. The zero-order chi connectivity index (χ0) is 15.3. The number of hydrogen-bond donors (Lipinski definition) is 1. The summed E-state index contributed by atoms with van der Waals surface area (Å²) >= 11 is 0. The first-order valence-electron chi connectivity index (χ1n) is 6.21. The molecule has 110 valence electrons. The van der Waals surface area contributed by atoms with Gasteiger partial charge in [0.05, 0.1) is 18.5 Å². The van der Waals surface area contributed by atoms with E-state index in [9.17, 15) is 14.9 Å². The van der Waals surface area contributed by atoms with Gasteiger partial charge in [-0.15, -0.1) is 0 Å². The molecule has 7 nitrogen and oxygen atoms in total. The van der Waals surface area contributed by atoms with Crippen molar-refractivity contribution in [3.63, 3.8) is 0 Å². The van der Waals surface area contributed by atoms with Gasteiger partial charge in [0.25, 0.3) is 5.69 Å². The first kappa shape index (κ1) is 15.7. The molecule has 0 saturated heterocycles. The lowest BCUT2D eigenvalue weighted by molar-refractivity contribution is -0.384. The molecule has 1 unspecified atom stereocenters. The molecule has 0 saturated carbocycles. The number of carboxylic acids is 1. The molecule has 0 aliphatic carbocycles. The van der Waals surface area contributed by atoms with Gasteiger partial charge in [0.2, 0.25) is 0 Å². The van der Waals surface area contributed by atoms with E-state index in [0.29, 0.717) is 18.0 Å². The van der Waals surface area contributed by atoms with Gasteiger partial charge in [-0.3, -0.25) is 14.9 Å². The van der Waals surface area contributed by atoms with Crippen LogP contribution in [-0.2, 0) is 4.79 Å². The standard InChI is InChI=1S/C13H18N2O5/c1-4-14(9(2)7-13(16)17)12-8-10(20-3)5-6-11(12)15(18)19/h5-6,8-9H,4,7H2,1-3H3,(H,16,17). The zero-order valence-corrected chi connectivity index (χ0v) is 11.7. The fourth-order valence-corrected chi connectivity index (χ4v) is 2.10. The Labute approximate surface area is 116 Å². The van der Waals surface area contributed by atoms with Crippen LogP contribution in [0.1, 0.15) is 20.3 Å². The van der Waals surface area contributed by atoms with E-state index in [0.717, 1.165) is 0 Å². The number of rotatable bonds is 7. The van der Waals surface area contributed by atoms with Crippen LogP contribution in [0.15, 0.2) is 18.2 Å². The molecule has 1 aromatic carbocycles. The first-order valence-corrected chi connectivity index (χ1v) is 6.21. The van der Waals surface area contributed by atoms with Crippen molar-refractivity contribution in [3.05, 3.63) is 28.3 Å². The van der Waals surface area contributed by atoms with E-state index >= 15 is 0 Å². The Hall–Kier alpha value is -2.31. The second-order valence-electron chi connectivity index (χ2n) is 4.34. The summed E-state index contributed by atoms with van der Waals surface area (Å²) in [6.45, 7) is 4.00. The Kier molecular flexibility index (Phi) is 5.31. The van der Waals surface area contributed by atoms with Gasteiger partial charge < -0.3 is 14.7 Å². The highest BCUT2D eigenvalue weighted by Crippen LogP contribution is 2.33.